The zero-order valence-electron chi connectivity index (χ0n) is 10.3. The fourth-order valence-electron chi connectivity index (χ4n) is 2.14. The number of nitrogens with zero attached hydrogens (tertiary/aromatic N) is 1. The van der Waals surface area contributed by atoms with Crippen LogP contribution in [0.2, 0.25) is 0 Å². The first kappa shape index (κ1) is 14.7. The summed E-state index contributed by atoms with van der Waals surface area (Å²) >= 11 is 3.05. The standard InChI is InChI=1S/C13H15BrF3NO/c14-10-3-4-12(11(9-10)13(15,16)17)19-8-7-18-5-1-2-6-18/h3-4,9H,1-2,5-8H2. The van der Waals surface area contributed by atoms with Crippen molar-refractivity contribution >= 4 is 15.9 Å². The zero-order valence-corrected chi connectivity index (χ0v) is 11.9. The molecule has 0 aliphatic carbocycles. The Morgan fingerprint density at radius 2 is 1.89 bits per heavy atom. The van der Waals surface area contributed by atoms with Gasteiger partial charge < -0.3 is 4.74 Å². The molecule has 1 aliphatic rings. The van der Waals surface area contributed by atoms with Crippen LogP contribution < -0.4 is 4.74 Å². The number of ether oxygens (including phenoxy) is 1. The van der Waals surface area contributed by atoms with E-state index in [1.165, 1.54) is 6.07 Å². The molecule has 0 amide bonds. The highest BCUT2D eigenvalue weighted by atomic mass is 79.9. The number of rotatable bonds is 4. The molecule has 2 rings (SSSR count). The molecule has 6 heteroatoms. The molecule has 1 aliphatic heterocycles. The first-order valence-electron chi connectivity index (χ1n) is 6.19. The number of halogens is 4. The average molecular weight is 338 g/mol. The Kier molecular flexibility index (Phi) is 4.73. The third kappa shape index (κ3) is 4.11. The van der Waals surface area contributed by atoms with Crippen LogP contribution in [-0.4, -0.2) is 31.1 Å². The summed E-state index contributed by atoms with van der Waals surface area (Å²) in [6, 6.07) is 3.96. The predicted octanol–water partition coefficient (Wildman–Crippen LogP) is 3.94. The maximum atomic E-state index is 12.8. The smallest absolute Gasteiger partial charge is 0.420 e. The molecular weight excluding hydrogens is 323 g/mol. The average Bonchev–Trinajstić information content (AvgIpc) is 2.83. The lowest BCUT2D eigenvalue weighted by molar-refractivity contribution is -0.139. The van der Waals surface area contributed by atoms with Crippen LogP contribution in [0.25, 0.3) is 0 Å². The van der Waals surface area contributed by atoms with E-state index in [4.69, 9.17) is 4.74 Å². The summed E-state index contributed by atoms with van der Waals surface area (Å²) in [6.45, 7) is 2.98. The van der Waals surface area contributed by atoms with Crippen molar-refractivity contribution in [1.29, 1.82) is 0 Å². The fourth-order valence-corrected chi connectivity index (χ4v) is 2.50. The molecular formula is C13H15BrF3NO. The molecule has 0 saturated carbocycles. The Bertz CT molecular complexity index is 430. The maximum absolute atomic E-state index is 12.8. The molecule has 0 spiro atoms. The van der Waals surface area contributed by atoms with Crippen molar-refractivity contribution in [2.45, 2.75) is 19.0 Å². The van der Waals surface area contributed by atoms with Crippen molar-refractivity contribution in [2.24, 2.45) is 0 Å². The lowest BCUT2D eigenvalue weighted by atomic mass is 10.2. The van der Waals surface area contributed by atoms with E-state index in [2.05, 4.69) is 20.8 Å². The van der Waals surface area contributed by atoms with E-state index in [1.54, 1.807) is 6.07 Å². The van der Waals surface area contributed by atoms with Crippen LogP contribution in [0, 0.1) is 0 Å². The van der Waals surface area contributed by atoms with Gasteiger partial charge in [0.15, 0.2) is 0 Å². The molecule has 1 aromatic carbocycles. The Balaban J connectivity index is 1.98. The summed E-state index contributed by atoms with van der Waals surface area (Å²) in [5.74, 6) is -0.102. The second-order valence-electron chi connectivity index (χ2n) is 4.54. The third-order valence-electron chi connectivity index (χ3n) is 3.11. The molecule has 1 heterocycles. The topological polar surface area (TPSA) is 12.5 Å². The van der Waals surface area contributed by atoms with E-state index < -0.39 is 11.7 Å². The van der Waals surface area contributed by atoms with Gasteiger partial charge in [0, 0.05) is 11.0 Å². The molecule has 19 heavy (non-hydrogen) atoms. The van der Waals surface area contributed by atoms with Gasteiger partial charge in [0.25, 0.3) is 0 Å². The molecule has 106 valence electrons. The monoisotopic (exact) mass is 337 g/mol. The molecule has 0 atom stereocenters. The third-order valence-corrected chi connectivity index (χ3v) is 3.60. The maximum Gasteiger partial charge on any atom is 0.420 e. The fraction of sp³-hybridized carbons (Fsp3) is 0.538. The van der Waals surface area contributed by atoms with Crippen LogP contribution in [0.15, 0.2) is 22.7 Å². The van der Waals surface area contributed by atoms with Crippen LogP contribution in [-0.2, 0) is 6.18 Å². The molecule has 0 aromatic heterocycles. The molecule has 1 saturated heterocycles. The number of alkyl halides is 3. The number of hydrogen-bond donors (Lipinski definition) is 0. The van der Waals surface area contributed by atoms with Crippen LogP contribution in [0.4, 0.5) is 13.2 Å². The highest BCUT2D eigenvalue weighted by Crippen LogP contribution is 2.37. The van der Waals surface area contributed by atoms with Gasteiger partial charge in [0.2, 0.25) is 0 Å². The van der Waals surface area contributed by atoms with Crippen LogP contribution in [0.1, 0.15) is 18.4 Å². The lowest BCUT2D eigenvalue weighted by Crippen LogP contribution is -2.25. The Morgan fingerprint density at radius 1 is 1.21 bits per heavy atom. The second-order valence-corrected chi connectivity index (χ2v) is 5.45. The van der Waals surface area contributed by atoms with Gasteiger partial charge in [0.1, 0.15) is 12.4 Å². The highest BCUT2D eigenvalue weighted by molar-refractivity contribution is 9.10. The van der Waals surface area contributed by atoms with Crippen LogP contribution in [0.3, 0.4) is 0 Å². The van der Waals surface area contributed by atoms with E-state index in [-0.39, 0.29) is 12.4 Å². The van der Waals surface area contributed by atoms with Crippen LogP contribution >= 0.6 is 15.9 Å². The summed E-state index contributed by atoms with van der Waals surface area (Å²) < 4.78 is 44.2. The summed E-state index contributed by atoms with van der Waals surface area (Å²) in [6.07, 6.45) is -2.08. The van der Waals surface area contributed by atoms with Crippen molar-refractivity contribution in [3.8, 4) is 5.75 Å². The molecule has 1 aromatic rings. The van der Waals surface area contributed by atoms with Gasteiger partial charge in [-0.15, -0.1) is 0 Å². The number of hydrogen-bond acceptors (Lipinski definition) is 2. The summed E-state index contributed by atoms with van der Waals surface area (Å²) in [4.78, 5) is 2.20. The molecule has 0 radical (unpaired) electrons. The zero-order chi connectivity index (χ0) is 13.9. The van der Waals surface area contributed by atoms with Gasteiger partial charge in [0.05, 0.1) is 5.56 Å². The Labute approximate surface area is 118 Å². The Hall–Kier alpha value is -0.750. The number of likely N-dealkylation sites (tertiary alicyclic amines) is 1. The molecule has 1 fully saturated rings. The lowest BCUT2D eigenvalue weighted by Gasteiger charge is -2.17. The van der Waals surface area contributed by atoms with Gasteiger partial charge in [-0.25, -0.2) is 0 Å². The second kappa shape index (κ2) is 6.13. The van der Waals surface area contributed by atoms with Crippen molar-refractivity contribution in [2.75, 3.05) is 26.2 Å². The molecule has 0 unspecified atom stereocenters. The number of benzene rings is 1. The normalized spacial score (nSPS) is 16.8. The quantitative estimate of drug-likeness (QED) is 0.825. The first-order valence-corrected chi connectivity index (χ1v) is 6.98. The summed E-state index contributed by atoms with van der Waals surface area (Å²) in [5, 5.41) is 0. The van der Waals surface area contributed by atoms with E-state index in [0.29, 0.717) is 11.0 Å². The molecule has 0 bridgehead atoms. The van der Waals surface area contributed by atoms with Gasteiger partial charge in [-0.3, -0.25) is 4.90 Å². The predicted molar refractivity (Wildman–Crippen MR) is 70.3 cm³/mol. The van der Waals surface area contributed by atoms with Gasteiger partial charge in [-0.2, -0.15) is 13.2 Å². The van der Waals surface area contributed by atoms with Gasteiger partial charge in [-0.1, -0.05) is 15.9 Å². The summed E-state index contributed by atoms with van der Waals surface area (Å²) in [5.41, 5.74) is -0.733. The van der Waals surface area contributed by atoms with E-state index in [1.807, 2.05) is 0 Å². The largest absolute Gasteiger partial charge is 0.492 e. The van der Waals surface area contributed by atoms with Gasteiger partial charge >= 0.3 is 6.18 Å². The summed E-state index contributed by atoms with van der Waals surface area (Å²) in [7, 11) is 0. The van der Waals surface area contributed by atoms with E-state index in [0.717, 1.165) is 32.0 Å². The van der Waals surface area contributed by atoms with Crippen LogP contribution in [0.5, 0.6) is 5.75 Å². The first-order chi connectivity index (χ1) is 8.97. The van der Waals surface area contributed by atoms with Crippen molar-refractivity contribution in [3.63, 3.8) is 0 Å². The SMILES string of the molecule is FC(F)(F)c1cc(Br)ccc1OCCN1CCCC1. The molecule has 0 N–H and O–H groups in total. The molecule has 2 nitrogen and oxygen atoms in total. The van der Waals surface area contributed by atoms with Gasteiger partial charge in [-0.05, 0) is 44.1 Å². The van der Waals surface area contributed by atoms with Crippen molar-refractivity contribution < 1.29 is 17.9 Å². The minimum Gasteiger partial charge on any atom is -0.492 e. The minimum atomic E-state index is -4.40. The Morgan fingerprint density at radius 3 is 2.53 bits per heavy atom. The van der Waals surface area contributed by atoms with E-state index in [9.17, 15) is 13.2 Å². The minimum absolute atomic E-state index is 0.102. The van der Waals surface area contributed by atoms with Crippen molar-refractivity contribution in [1.82, 2.24) is 4.90 Å². The van der Waals surface area contributed by atoms with E-state index >= 15 is 0 Å². The highest BCUT2D eigenvalue weighted by Gasteiger charge is 2.34. The van der Waals surface area contributed by atoms with Crippen molar-refractivity contribution in [3.05, 3.63) is 28.2 Å².